The van der Waals surface area contributed by atoms with Gasteiger partial charge in [-0.1, -0.05) is 18.2 Å². The first-order valence-corrected chi connectivity index (χ1v) is 4.55. The molecule has 0 spiro atoms. The Kier molecular flexibility index (Phi) is 4.53. The molecule has 0 aliphatic heterocycles. The van der Waals surface area contributed by atoms with Crippen LogP contribution in [0.15, 0.2) is 30.3 Å². The van der Waals surface area contributed by atoms with Crippen molar-refractivity contribution < 1.29 is 9.84 Å². The van der Waals surface area contributed by atoms with Crippen LogP contribution in [0, 0.1) is 17.2 Å². The normalized spacial score (nSPS) is 11.7. The number of aliphatic hydroxyl groups is 1. The zero-order valence-corrected chi connectivity index (χ0v) is 7.89. The number of nitrogens with zero attached hydrogens (tertiary/aromatic N) is 1. The van der Waals surface area contributed by atoms with Gasteiger partial charge >= 0.3 is 0 Å². The lowest BCUT2D eigenvalue weighted by Gasteiger charge is -2.07. The number of aliphatic hydroxyl groups excluding tert-OH is 1. The molecule has 1 aromatic carbocycles. The van der Waals surface area contributed by atoms with Gasteiger partial charge in [-0.3, -0.25) is 0 Å². The first-order valence-electron chi connectivity index (χ1n) is 4.55. The van der Waals surface area contributed by atoms with Gasteiger partial charge in [-0.05, 0) is 18.6 Å². The third-order valence-corrected chi connectivity index (χ3v) is 1.88. The molecule has 0 fully saturated rings. The molecule has 1 atom stereocenters. The average Bonchev–Trinajstić information content (AvgIpc) is 2.26. The zero-order valence-electron chi connectivity index (χ0n) is 7.89. The lowest BCUT2D eigenvalue weighted by molar-refractivity contribution is 0.220. The molecule has 1 rings (SSSR count). The van der Waals surface area contributed by atoms with E-state index < -0.39 is 0 Å². The number of benzene rings is 1. The fraction of sp³-hybridized carbons (Fsp3) is 0.364. The largest absolute Gasteiger partial charge is 0.494 e. The van der Waals surface area contributed by atoms with Crippen LogP contribution in [0.5, 0.6) is 5.75 Å². The monoisotopic (exact) mass is 191 g/mol. The Bertz CT molecular complexity index is 292. The molecule has 0 saturated carbocycles. The predicted octanol–water partition coefficient (Wildman–Crippen LogP) is 1.59. The highest BCUT2D eigenvalue weighted by atomic mass is 16.5. The molecule has 3 nitrogen and oxygen atoms in total. The molecule has 0 aliphatic carbocycles. The minimum absolute atomic E-state index is 0.103. The van der Waals surface area contributed by atoms with Crippen LogP contribution in [0.25, 0.3) is 0 Å². The summed E-state index contributed by atoms with van der Waals surface area (Å²) in [6.07, 6.45) is 0.557. The molecular weight excluding hydrogens is 178 g/mol. The van der Waals surface area contributed by atoms with Gasteiger partial charge in [0, 0.05) is 0 Å². The van der Waals surface area contributed by atoms with E-state index in [1.54, 1.807) is 0 Å². The average molecular weight is 191 g/mol. The van der Waals surface area contributed by atoms with E-state index in [9.17, 15) is 0 Å². The topological polar surface area (TPSA) is 53.2 Å². The van der Waals surface area contributed by atoms with Crippen molar-refractivity contribution in [2.75, 3.05) is 13.2 Å². The predicted molar refractivity (Wildman–Crippen MR) is 52.7 cm³/mol. The molecule has 14 heavy (non-hydrogen) atoms. The summed E-state index contributed by atoms with van der Waals surface area (Å²) in [4.78, 5) is 0. The maximum absolute atomic E-state index is 8.75. The lowest BCUT2D eigenvalue weighted by Crippen LogP contribution is -2.08. The summed E-state index contributed by atoms with van der Waals surface area (Å²) in [5.41, 5.74) is 0. The van der Waals surface area contributed by atoms with Crippen molar-refractivity contribution in [2.24, 2.45) is 5.92 Å². The highest BCUT2D eigenvalue weighted by Gasteiger charge is 2.04. The summed E-state index contributed by atoms with van der Waals surface area (Å²) in [7, 11) is 0. The van der Waals surface area contributed by atoms with Gasteiger partial charge in [-0.15, -0.1) is 0 Å². The smallest absolute Gasteiger partial charge is 0.119 e. The second-order valence-electron chi connectivity index (χ2n) is 2.96. The Labute approximate surface area is 83.6 Å². The standard InChI is InChI=1S/C11H13NO2/c12-8-10(9-13)6-7-14-11-4-2-1-3-5-11/h1-5,10,13H,6-7,9H2. The molecule has 1 N–H and O–H groups in total. The van der Waals surface area contributed by atoms with E-state index in [4.69, 9.17) is 15.1 Å². The van der Waals surface area contributed by atoms with Crippen molar-refractivity contribution >= 4 is 0 Å². The van der Waals surface area contributed by atoms with E-state index in [0.29, 0.717) is 13.0 Å². The molecule has 0 heterocycles. The van der Waals surface area contributed by atoms with Crippen LogP contribution >= 0.6 is 0 Å². The fourth-order valence-corrected chi connectivity index (χ4v) is 1.03. The van der Waals surface area contributed by atoms with Gasteiger partial charge in [-0.25, -0.2) is 0 Å². The molecule has 0 aromatic heterocycles. The van der Waals surface area contributed by atoms with E-state index in [1.807, 2.05) is 36.4 Å². The Morgan fingerprint density at radius 2 is 2.07 bits per heavy atom. The van der Waals surface area contributed by atoms with Gasteiger partial charge in [0.2, 0.25) is 0 Å². The van der Waals surface area contributed by atoms with Crippen molar-refractivity contribution in [1.29, 1.82) is 5.26 Å². The summed E-state index contributed by atoms with van der Waals surface area (Å²) in [5, 5.41) is 17.3. The van der Waals surface area contributed by atoms with Crippen LogP contribution in [0.3, 0.4) is 0 Å². The van der Waals surface area contributed by atoms with Gasteiger partial charge in [0.15, 0.2) is 0 Å². The van der Waals surface area contributed by atoms with E-state index in [0.717, 1.165) is 5.75 Å². The number of nitriles is 1. The second-order valence-corrected chi connectivity index (χ2v) is 2.96. The summed E-state index contributed by atoms with van der Waals surface area (Å²) in [6.45, 7) is 0.359. The number of para-hydroxylation sites is 1. The molecule has 1 unspecified atom stereocenters. The van der Waals surface area contributed by atoms with E-state index in [2.05, 4.69) is 0 Å². The molecule has 74 valence electrons. The van der Waals surface area contributed by atoms with E-state index in [-0.39, 0.29) is 12.5 Å². The minimum atomic E-state index is -0.321. The Balaban J connectivity index is 2.26. The SMILES string of the molecule is N#CC(CO)CCOc1ccccc1. The highest BCUT2D eigenvalue weighted by molar-refractivity contribution is 5.20. The maximum Gasteiger partial charge on any atom is 0.119 e. The number of rotatable bonds is 5. The third kappa shape index (κ3) is 3.46. The number of ether oxygens (including phenoxy) is 1. The number of hydrogen-bond acceptors (Lipinski definition) is 3. The molecule has 0 saturated heterocycles. The van der Waals surface area contributed by atoms with E-state index >= 15 is 0 Å². The fourth-order valence-electron chi connectivity index (χ4n) is 1.03. The Morgan fingerprint density at radius 3 is 2.64 bits per heavy atom. The summed E-state index contributed by atoms with van der Waals surface area (Å²) in [5.74, 6) is 0.473. The lowest BCUT2D eigenvalue weighted by atomic mass is 10.1. The van der Waals surface area contributed by atoms with Crippen molar-refractivity contribution in [3.8, 4) is 11.8 Å². The summed E-state index contributed by atoms with van der Waals surface area (Å²) < 4.78 is 5.38. The molecule has 0 radical (unpaired) electrons. The van der Waals surface area contributed by atoms with Gasteiger partial charge in [-0.2, -0.15) is 5.26 Å². The van der Waals surface area contributed by atoms with Gasteiger partial charge in [0.25, 0.3) is 0 Å². The quantitative estimate of drug-likeness (QED) is 0.768. The Hall–Kier alpha value is -1.53. The third-order valence-electron chi connectivity index (χ3n) is 1.88. The van der Waals surface area contributed by atoms with Crippen LogP contribution < -0.4 is 4.74 Å². The molecule has 0 aliphatic rings. The molecular formula is C11H13NO2. The van der Waals surface area contributed by atoms with E-state index in [1.165, 1.54) is 0 Å². The molecule has 1 aromatic rings. The van der Waals surface area contributed by atoms with Crippen molar-refractivity contribution in [3.05, 3.63) is 30.3 Å². The number of hydrogen-bond donors (Lipinski definition) is 1. The summed E-state index contributed by atoms with van der Waals surface area (Å²) >= 11 is 0. The van der Waals surface area contributed by atoms with Crippen molar-refractivity contribution in [1.82, 2.24) is 0 Å². The van der Waals surface area contributed by atoms with Crippen LogP contribution in [-0.4, -0.2) is 18.3 Å². The molecule has 3 heteroatoms. The van der Waals surface area contributed by atoms with Crippen molar-refractivity contribution in [3.63, 3.8) is 0 Å². The zero-order chi connectivity index (χ0) is 10.2. The van der Waals surface area contributed by atoms with Crippen molar-refractivity contribution in [2.45, 2.75) is 6.42 Å². The maximum atomic E-state index is 8.75. The van der Waals surface area contributed by atoms with Crippen LogP contribution in [0.1, 0.15) is 6.42 Å². The van der Waals surface area contributed by atoms with Crippen LogP contribution in [-0.2, 0) is 0 Å². The van der Waals surface area contributed by atoms with Crippen LogP contribution in [0.2, 0.25) is 0 Å². The molecule has 0 amide bonds. The second kappa shape index (κ2) is 6.01. The van der Waals surface area contributed by atoms with Gasteiger partial charge in [0.1, 0.15) is 5.75 Å². The minimum Gasteiger partial charge on any atom is -0.494 e. The highest BCUT2D eigenvalue weighted by Crippen LogP contribution is 2.09. The Morgan fingerprint density at radius 1 is 1.36 bits per heavy atom. The van der Waals surface area contributed by atoms with Gasteiger partial charge in [0.05, 0.1) is 25.2 Å². The molecule has 0 bridgehead atoms. The first-order chi connectivity index (χ1) is 6.86. The first kappa shape index (κ1) is 10.6. The van der Waals surface area contributed by atoms with Gasteiger partial charge < -0.3 is 9.84 Å². The summed E-state index contributed by atoms with van der Waals surface area (Å²) in [6, 6.07) is 11.4. The van der Waals surface area contributed by atoms with Crippen LogP contribution in [0.4, 0.5) is 0 Å².